The Morgan fingerprint density at radius 2 is 1.84 bits per heavy atom. The topological polar surface area (TPSA) is 85.0 Å². The summed E-state index contributed by atoms with van der Waals surface area (Å²) < 4.78 is 0. The summed E-state index contributed by atoms with van der Waals surface area (Å²) in [5, 5.41) is 5.70. The lowest BCUT2D eigenvalue weighted by Gasteiger charge is -2.41. The fourth-order valence-electron chi connectivity index (χ4n) is 4.86. The average molecular weight is 444 g/mol. The first-order valence-corrected chi connectivity index (χ1v) is 11.8. The number of anilines is 1. The zero-order chi connectivity index (χ0) is 22.9. The van der Waals surface area contributed by atoms with E-state index in [1.54, 1.807) is 7.05 Å². The highest BCUT2D eigenvalue weighted by Gasteiger charge is 2.31. The van der Waals surface area contributed by atoms with E-state index < -0.39 is 0 Å². The molecule has 4 rings (SSSR count). The van der Waals surface area contributed by atoms with Gasteiger partial charge < -0.3 is 25.2 Å². The van der Waals surface area contributed by atoms with Crippen molar-refractivity contribution in [2.75, 3.05) is 51.2 Å². The molecule has 8 nitrogen and oxygen atoms in total. The van der Waals surface area contributed by atoms with Gasteiger partial charge in [-0.15, -0.1) is 0 Å². The molecule has 1 atom stereocenters. The van der Waals surface area contributed by atoms with Crippen LogP contribution in [0.15, 0.2) is 18.2 Å². The molecule has 1 aromatic carbocycles. The molecule has 1 unspecified atom stereocenters. The molecule has 8 heteroatoms. The highest BCUT2D eigenvalue weighted by molar-refractivity contribution is 5.99. The van der Waals surface area contributed by atoms with Crippen LogP contribution in [0.5, 0.6) is 0 Å². The maximum atomic E-state index is 12.7. The van der Waals surface area contributed by atoms with Crippen LogP contribution >= 0.6 is 0 Å². The average Bonchev–Trinajstić information content (AvgIpc) is 3.19. The highest BCUT2D eigenvalue weighted by Crippen LogP contribution is 2.30. The molecule has 0 radical (unpaired) electrons. The van der Waals surface area contributed by atoms with E-state index in [4.69, 9.17) is 4.79 Å². The standard InChI is InChI=1S/C22H32N4O2.C2H5NO/c1-17(3-2-14-27)26-16-18-15-20(4-5-21(18)22(26)28)25-12-10-24(11-13-25)19-6-8-23-9-7-19;1-3-2-4/h4-5,14-15,17,19,23H,2-3,6-13,16H2,1H3;2H,1H3,(H,3,4). The lowest BCUT2D eigenvalue weighted by atomic mass is 10.0. The molecule has 2 saturated heterocycles. The van der Waals surface area contributed by atoms with E-state index in [1.165, 1.54) is 18.5 Å². The van der Waals surface area contributed by atoms with Crippen molar-refractivity contribution in [2.24, 2.45) is 0 Å². The van der Waals surface area contributed by atoms with Gasteiger partial charge in [-0.25, -0.2) is 0 Å². The van der Waals surface area contributed by atoms with Crippen LogP contribution in [0, 0.1) is 0 Å². The van der Waals surface area contributed by atoms with Gasteiger partial charge in [-0.1, -0.05) is 0 Å². The molecule has 32 heavy (non-hydrogen) atoms. The number of fused-ring (bicyclic) bond motifs is 1. The lowest BCUT2D eigenvalue weighted by Crippen LogP contribution is -2.52. The number of aldehydes is 1. The first kappa shape index (κ1) is 24.2. The number of amides is 2. The number of benzene rings is 1. The molecule has 3 aliphatic heterocycles. The minimum Gasteiger partial charge on any atom is -0.369 e. The van der Waals surface area contributed by atoms with Gasteiger partial charge in [0.25, 0.3) is 5.91 Å². The largest absolute Gasteiger partial charge is 0.369 e. The number of carbonyl (C=O) groups excluding carboxylic acids is 3. The van der Waals surface area contributed by atoms with Gasteiger partial charge in [0, 0.05) is 69.5 Å². The van der Waals surface area contributed by atoms with Crippen molar-refractivity contribution in [1.29, 1.82) is 0 Å². The molecule has 1 aromatic rings. The summed E-state index contributed by atoms with van der Waals surface area (Å²) in [6, 6.07) is 7.15. The summed E-state index contributed by atoms with van der Waals surface area (Å²) in [4.78, 5) is 39.5. The molecule has 3 aliphatic rings. The molecule has 2 amide bonds. The van der Waals surface area contributed by atoms with Crippen molar-refractivity contribution in [3.63, 3.8) is 0 Å². The molecule has 2 fully saturated rings. The Bertz CT molecular complexity index is 773. The minimum atomic E-state index is 0.0991. The first-order valence-electron chi connectivity index (χ1n) is 11.8. The van der Waals surface area contributed by atoms with E-state index in [1.807, 2.05) is 17.9 Å². The molecule has 0 spiro atoms. The number of piperidine rings is 1. The molecule has 176 valence electrons. The van der Waals surface area contributed by atoms with Crippen molar-refractivity contribution >= 4 is 24.3 Å². The van der Waals surface area contributed by atoms with Crippen LogP contribution < -0.4 is 15.5 Å². The van der Waals surface area contributed by atoms with Gasteiger partial charge in [-0.05, 0) is 63.0 Å². The summed E-state index contributed by atoms with van der Waals surface area (Å²) in [6.07, 6.45) is 5.33. The van der Waals surface area contributed by atoms with Gasteiger partial charge in [0.15, 0.2) is 0 Å². The van der Waals surface area contributed by atoms with E-state index in [0.29, 0.717) is 19.4 Å². The summed E-state index contributed by atoms with van der Waals surface area (Å²) in [6.45, 7) is 9.33. The Hall–Kier alpha value is -2.45. The summed E-state index contributed by atoms with van der Waals surface area (Å²) in [5.41, 5.74) is 3.19. The van der Waals surface area contributed by atoms with Crippen molar-refractivity contribution in [3.8, 4) is 0 Å². The van der Waals surface area contributed by atoms with Gasteiger partial charge in [-0.3, -0.25) is 14.5 Å². The molecule has 0 bridgehead atoms. The Morgan fingerprint density at radius 3 is 2.47 bits per heavy atom. The zero-order valence-electron chi connectivity index (χ0n) is 19.4. The number of hydrogen-bond acceptors (Lipinski definition) is 6. The first-order chi connectivity index (χ1) is 15.6. The van der Waals surface area contributed by atoms with Crippen LogP contribution in [-0.4, -0.2) is 86.8 Å². The van der Waals surface area contributed by atoms with Gasteiger partial charge in [0.1, 0.15) is 6.29 Å². The van der Waals surface area contributed by atoms with Crippen molar-refractivity contribution in [1.82, 2.24) is 20.4 Å². The van der Waals surface area contributed by atoms with E-state index in [2.05, 4.69) is 32.6 Å². The summed E-state index contributed by atoms with van der Waals surface area (Å²) in [7, 11) is 1.56. The summed E-state index contributed by atoms with van der Waals surface area (Å²) in [5.74, 6) is 0.107. The molecule has 3 heterocycles. The lowest BCUT2D eigenvalue weighted by molar-refractivity contribution is -0.109. The van der Waals surface area contributed by atoms with Crippen molar-refractivity contribution in [3.05, 3.63) is 29.3 Å². The number of nitrogens with zero attached hydrogens (tertiary/aromatic N) is 3. The van der Waals surface area contributed by atoms with Crippen LogP contribution in [-0.2, 0) is 16.1 Å². The van der Waals surface area contributed by atoms with Crippen LogP contribution in [0.3, 0.4) is 0 Å². The summed E-state index contributed by atoms with van der Waals surface area (Å²) >= 11 is 0. The third kappa shape index (κ3) is 5.86. The third-order valence-corrected chi connectivity index (χ3v) is 6.78. The van der Waals surface area contributed by atoms with E-state index >= 15 is 0 Å². The fraction of sp³-hybridized carbons (Fsp3) is 0.625. The second-order valence-corrected chi connectivity index (χ2v) is 8.78. The van der Waals surface area contributed by atoms with Crippen molar-refractivity contribution < 1.29 is 14.4 Å². The van der Waals surface area contributed by atoms with Gasteiger partial charge in [-0.2, -0.15) is 0 Å². The van der Waals surface area contributed by atoms with E-state index in [0.717, 1.165) is 69.1 Å². The molecular formula is C24H37N5O3. The normalized spacial score (nSPS) is 20.2. The van der Waals surface area contributed by atoms with Gasteiger partial charge in [0.05, 0.1) is 0 Å². The predicted molar refractivity (Wildman–Crippen MR) is 126 cm³/mol. The minimum absolute atomic E-state index is 0.0991. The van der Waals surface area contributed by atoms with Gasteiger partial charge >= 0.3 is 0 Å². The number of carbonyl (C=O) groups is 3. The smallest absolute Gasteiger partial charge is 0.254 e. The van der Waals surface area contributed by atoms with Gasteiger partial charge in [0.2, 0.25) is 6.41 Å². The second-order valence-electron chi connectivity index (χ2n) is 8.78. The Kier molecular flexibility index (Phi) is 9.05. The van der Waals surface area contributed by atoms with E-state index in [-0.39, 0.29) is 11.9 Å². The second kappa shape index (κ2) is 12.0. The maximum absolute atomic E-state index is 12.7. The zero-order valence-corrected chi connectivity index (χ0v) is 19.4. The maximum Gasteiger partial charge on any atom is 0.254 e. The van der Waals surface area contributed by atoms with Crippen LogP contribution in [0.1, 0.15) is 48.5 Å². The molecule has 0 aromatic heterocycles. The predicted octanol–water partition coefficient (Wildman–Crippen LogP) is 1.25. The van der Waals surface area contributed by atoms with Crippen molar-refractivity contribution in [2.45, 2.75) is 51.2 Å². The Labute approximate surface area is 191 Å². The monoisotopic (exact) mass is 443 g/mol. The quantitative estimate of drug-likeness (QED) is 0.617. The number of nitrogens with one attached hydrogen (secondary N) is 2. The Morgan fingerprint density at radius 1 is 1.16 bits per heavy atom. The Balaban J connectivity index is 0.000000668. The third-order valence-electron chi connectivity index (χ3n) is 6.78. The molecule has 2 N–H and O–H groups in total. The molecule has 0 aliphatic carbocycles. The SMILES string of the molecule is CC(CCC=O)N1Cc2cc(N3CCN(C4CCNCC4)CC3)ccc2C1=O.CNC=O. The number of piperazine rings is 1. The van der Waals surface area contributed by atoms with E-state index in [9.17, 15) is 9.59 Å². The van der Waals surface area contributed by atoms with Crippen LogP contribution in [0.2, 0.25) is 0 Å². The molecular weight excluding hydrogens is 406 g/mol. The fourth-order valence-corrected chi connectivity index (χ4v) is 4.86. The number of rotatable bonds is 7. The van der Waals surface area contributed by atoms with Crippen LogP contribution in [0.4, 0.5) is 5.69 Å². The number of hydrogen-bond donors (Lipinski definition) is 2. The molecule has 0 saturated carbocycles. The highest BCUT2D eigenvalue weighted by atomic mass is 16.2. The van der Waals surface area contributed by atoms with Crippen LogP contribution in [0.25, 0.3) is 0 Å².